The first-order valence-corrected chi connectivity index (χ1v) is 6.05. The predicted octanol–water partition coefficient (Wildman–Crippen LogP) is 2.73. The van der Waals surface area contributed by atoms with E-state index in [9.17, 15) is 14.3 Å². The number of hydrogen-bond donors (Lipinski definition) is 1. The number of rotatable bonds is 1. The van der Waals surface area contributed by atoms with E-state index in [1.54, 1.807) is 4.90 Å². The molecular weight excluding hydrogens is 245 g/mol. The zero-order valence-corrected chi connectivity index (χ0v) is 10.1. The maximum absolute atomic E-state index is 12.9. The summed E-state index contributed by atoms with van der Waals surface area (Å²) in [6.07, 6.45) is 0.796. The zero-order valence-electron chi connectivity index (χ0n) is 10.1. The van der Waals surface area contributed by atoms with Gasteiger partial charge in [-0.05, 0) is 30.2 Å². The van der Waals surface area contributed by atoms with E-state index in [-0.39, 0.29) is 17.2 Å². The van der Waals surface area contributed by atoms with Gasteiger partial charge in [0.25, 0.3) is 5.91 Å². The molecule has 1 N–H and O–H groups in total. The third-order valence-electron chi connectivity index (χ3n) is 3.32. The van der Waals surface area contributed by atoms with E-state index in [1.165, 1.54) is 12.1 Å². The number of carbonyl (C=O) groups excluding carboxylic acids is 1. The number of para-hydroxylation sites is 1. The fraction of sp³-hybridized carbons (Fsp3) is 0.133. The van der Waals surface area contributed by atoms with Crippen LogP contribution in [0.1, 0.15) is 15.9 Å². The largest absolute Gasteiger partial charge is 0.507 e. The minimum Gasteiger partial charge on any atom is -0.507 e. The van der Waals surface area contributed by atoms with E-state index < -0.39 is 5.82 Å². The van der Waals surface area contributed by atoms with E-state index in [1.807, 2.05) is 24.3 Å². The molecule has 2 aromatic carbocycles. The van der Waals surface area contributed by atoms with Crippen molar-refractivity contribution in [3.05, 3.63) is 59.4 Å². The van der Waals surface area contributed by atoms with E-state index in [2.05, 4.69) is 0 Å². The van der Waals surface area contributed by atoms with Crippen LogP contribution < -0.4 is 4.90 Å². The van der Waals surface area contributed by atoms with Gasteiger partial charge in [-0.1, -0.05) is 18.2 Å². The monoisotopic (exact) mass is 257 g/mol. The van der Waals surface area contributed by atoms with Gasteiger partial charge in [-0.2, -0.15) is 0 Å². The number of carbonyl (C=O) groups is 1. The number of phenols is 1. The summed E-state index contributed by atoms with van der Waals surface area (Å²) in [4.78, 5) is 14.0. The molecular formula is C15H12FNO2. The molecule has 0 saturated carbocycles. The van der Waals surface area contributed by atoms with Gasteiger partial charge in [0, 0.05) is 18.3 Å². The fourth-order valence-corrected chi connectivity index (χ4v) is 2.38. The van der Waals surface area contributed by atoms with Crippen molar-refractivity contribution in [1.29, 1.82) is 0 Å². The number of hydrogen-bond acceptors (Lipinski definition) is 2. The number of amides is 1. The summed E-state index contributed by atoms with van der Waals surface area (Å²) in [6.45, 7) is 0.578. The van der Waals surface area contributed by atoms with Crippen LogP contribution in [-0.2, 0) is 6.42 Å². The number of halogens is 1. The molecule has 0 fully saturated rings. The van der Waals surface area contributed by atoms with Crippen LogP contribution in [-0.4, -0.2) is 17.6 Å². The highest BCUT2D eigenvalue weighted by atomic mass is 19.1. The van der Waals surface area contributed by atoms with Crippen molar-refractivity contribution >= 4 is 11.6 Å². The third-order valence-corrected chi connectivity index (χ3v) is 3.32. The van der Waals surface area contributed by atoms with Gasteiger partial charge in [0.1, 0.15) is 11.6 Å². The van der Waals surface area contributed by atoms with Crippen molar-refractivity contribution in [2.75, 3.05) is 11.4 Å². The summed E-state index contributed by atoms with van der Waals surface area (Å²) >= 11 is 0. The van der Waals surface area contributed by atoms with Crippen LogP contribution in [0.25, 0.3) is 0 Å². The van der Waals surface area contributed by atoms with Crippen molar-refractivity contribution in [2.45, 2.75) is 6.42 Å². The van der Waals surface area contributed by atoms with Crippen LogP contribution >= 0.6 is 0 Å². The first-order valence-electron chi connectivity index (χ1n) is 6.05. The Balaban J connectivity index is 1.98. The van der Waals surface area contributed by atoms with E-state index in [4.69, 9.17) is 0 Å². The van der Waals surface area contributed by atoms with Gasteiger partial charge in [0.15, 0.2) is 0 Å². The number of nitrogens with zero attached hydrogens (tertiary/aromatic N) is 1. The maximum Gasteiger partial charge on any atom is 0.262 e. The first-order chi connectivity index (χ1) is 9.16. The molecule has 1 heterocycles. The number of phenolic OH excluding ortho intramolecular Hbond substituents is 1. The second-order valence-electron chi connectivity index (χ2n) is 4.50. The van der Waals surface area contributed by atoms with Crippen LogP contribution in [0, 0.1) is 5.82 Å². The van der Waals surface area contributed by atoms with Crippen molar-refractivity contribution < 1.29 is 14.3 Å². The standard InChI is InChI=1S/C15H12FNO2/c16-11-5-6-12(14(18)9-11)15(19)17-8-7-10-3-1-2-4-13(10)17/h1-6,9,18H,7-8H2. The Morgan fingerprint density at radius 1 is 1.21 bits per heavy atom. The normalized spacial score (nSPS) is 13.4. The molecule has 0 saturated heterocycles. The number of anilines is 1. The number of fused-ring (bicyclic) bond motifs is 1. The van der Waals surface area contributed by atoms with Crippen molar-refractivity contribution in [3.63, 3.8) is 0 Å². The molecule has 1 amide bonds. The highest BCUT2D eigenvalue weighted by Crippen LogP contribution is 2.30. The van der Waals surface area contributed by atoms with Gasteiger partial charge >= 0.3 is 0 Å². The van der Waals surface area contributed by atoms with Crippen LogP contribution in [0.15, 0.2) is 42.5 Å². The molecule has 96 valence electrons. The second-order valence-corrected chi connectivity index (χ2v) is 4.50. The van der Waals surface area contributed by atoms with E-state index >= 15 is 0 Å². The molecule has 0 atom stereocenters. The molecule has 2 aromatic rings. The van der Waals surface area contributed by atoms with Crippen LogP contribution in [0.5, 0.6) is 5.75 Å². The molecule has 0 aromatic heterocycles. The Labute approximate surface area is 109 Å². The summed E-state index contributed by atoms with van der Waals surface area (Å²) in [5.74, 6) is -1.19. The molecule has 19 heavy (non-hydrogen) atoms. The average molecular weight is 257 g/mol. The minimum absolute atomic E-state index is 0.123. The molecule has 0 spiro atoms. The van der Waals surface area contributed by atoms with Crippen LogP contribution in [0.4, 0.5) is 10.1 Å². The Bertz CT molecular complexity index is 654. The summed E-state index contributed by atoms with van der Waals surface area (Å²) in [6, 6.07) is 11.1. The predicted molar refractivity (Wildman–Crippen MR) is 69.9 cm³/mol. The van der Waals surface area contributed by atoms with Crippen molar-refractivity contribution in [1.82, 2.24) is 0 Å². The molecule has 0 bridgehead atoms. The molecule has 0 aliphatic carbocycles. The molecule has 3 nitrogen and oxygen atoms in total. The Morgan fingerprint density at radius 3 is 2.79 bits per heavy atom. The Kier molecular flexibility index (Phi) is 2.71. The fourth-order valence-electron chi connectivity index (χ4n) is 2.38. The lowest BCUT2D eigenvalue weighted by Gasteiger charge is -2.17. The molecule has 1 aliphatic heterocycles. The zero-order chi connectivity index (χ0) is 13.4. The Morgan fingerprint density at radius 2 is 2.00 bits per heavy atom. The molecule has 4 heteroatoms. The highest BCUT2D eigenvalue weighted by molar-refractivity contribution is 6.08. The third kappa shape index (κ3) is 1.95. The Hall–Kier alpha value is -2.36. The maximum atomic E-state index is 12.9. The topological polar surface area (TPSA) is 40.5 Å². The van der Waals surface area contributed by atoms with Crippen LogP contribution in [0.2, 0.25) is 0 Å². The van der Waals surface area contributed by atoms with Gasteiger partial charge < -0.3 is 10.0 Å². The lowest BCUT2D eigenvalue weighted by Crippen LogP contribution is -2.28. The smallest absolute Gasteiger partial charge is 0.262 e. The van der Waals surface area contributed by atoms with Crippen LogP contribution in [0.3, 0.4) is 0 Å². The SMILES string of the molecule is O=C(c1ccc(F)cc1O)N1CCc2ccccc21. The molecule has 0 radical (unpaired) electrons. The summed E-state index contributed by atoms with van der Waals surface area (Å²) < 4.78 is 12.9. The van der Waals surface area contributed by atoms with Crippen molar-refractivity contribution in [2.24, 2.45) is 0 Å². The summed E-state index contributed by atoms with van der Waals surface area (Å²) in [7, 11) is 0. The quantitative estimate of drug-likeness (QED) is 0.853. The average Bonchev–Trinajstić information content (AvgIpc) is 2.82. The van der Waals surface area contributed by atoms with E-state index in [0.29, 0.717) is 6.54 Å². The van der Waals surface area contributed by atoms with Gasteiger partial charge in [0.2, 0.25) is 0 Å². The van der Waals surface area contributed by atoms with Gasteiger partial charge in [-0.3, -0.25) is 4.79 Å². The lowest BCUT2D eigenvalue weighted by atomic mass is 10.1. The van der Waals surface area contributed by atoms with Gasteiger partial charge in [-0.15, -0.1) is 0 Å². The molecule has 3 rings (SSSR count). The van der Waals surface area contributed by atoms with Crippen molar-refractivity contribution in [3.8, 4) is 5.75 Å². The number of aromatic hydroxyl groups is 1. The lowest BCUT2D eigenvalue weighted by molar-refractivity contribution is 0.0987. The minimum atomic E-state index is -0.559. The van der Waals surface area contributed by atoms with Gasteiger partial charge in [-0.25, -0.2) is 4.39 Å². The first kappa shape index (κ1) is 11.7. The van der Waals surface area contributed by atoms with E-state index in [0.717, 1.165) is 23.7 Å². The number of benzene rings is 2. The summed E-state index contributed by atoms with van der Waals surface area (Å²) in [5, 5.41) is 9.68. The second kappa shape index (κ2) is 4.39. The molecule has 1 aliphatic rings. The highest BCUT2D eigenvalue weighted by Gasteiger charge is 2.26. The van der Waals surface area contributed by atoms with Gasteiger partial charge in [0.05, 0.1) is 5.56 Å². The summed E-state index contributed by atoms with van der Waals surface area (Å²) in [5.41, 5.74) is 2.09. The molecule has 0 unspecified atom stereocenters.